The zero-order valence-corrected chi connectivity index (χ0v) is 17.2. The van der Waals surface area contributed by atoms with E-state index in [1.807, 2.05) is 24.3 Å². The van der Waals surface area contributed by atoms with E-state index in [1.165, 1.54) is 17.0 Å². The largest absolute Gasteiger partial charge is 0.437 e. The molecule has 1 aliphatic rings. The number of carbonyl (C=O) groups is 2. The molecule has 1 aromatic heterocycles. The van der Waals surface area contributed by atoms with Gasteiger partial charge in [-0.05, 0) is 17.5 Å². The number of anilines is 1. The van der Waals surface area contributed by atoms with E-state index in [9.17, 15) is 19.7 Å². The number of esters is 1. The van der Waals surface area contributed by atoms with E-state index in [2.05, 4.69) is 18.8 Å². The van der Waals surface area contributed by atoms with Gasteiger partial charge in [0.25, 0.3) is 5.69 Å². The summed E-state index contributed by atoms with van der Waals surface area (Å²) < 4.78 is 6.20. The van der Waals surface area contributed by atoms with Gasteiger partial charge in [-0.2, -0.15) is 0 Å². The monoisotopic (exact) mass is 425 g/mol. The van der Waals surface area contributed by atoms with Gasteiger partial charge in [-0.1, -0.05) is 49.4 Å². The molecule has 1 unspecified atom stereocenters. The molecule has 1 fully saturated rings. The van der Waals surface area contributed by atoms with Crippen molar-refractivity contribution in [3.63, 3.8) is 0 Å². The predicted molar refractivity (Wildman–Crippen MR) is 112 cm³/mol. The van der Waals surface area contributed by atoms with Crippen molar-refractivity contribution in [2.24, 2.45) is 0 Å². The summed E-state index contributed by atoms with van der Waals surface area (Å²) in [5.41, 5.74) is 2.28. The Balaban J connectivity index is 1.78. The van der Waals surface area contributed by atoms with E-state index >= 15 is 0 Å². The second-order valence-electron chi connectivity index (χ2n) is 7.33. The molecule has 30 heavy (non-hydrogen) atoms. The van der Waals surface area contributed by atoms with Gasteiger partial charge in [-0.25, -0.2) is 9.88 Å². The lowest BCUT2D eigenvalue weighted by atomic mass is 10.0. The van der Waals surface area contributed by atoms with E-state index in [-0.39, 0.29) is 24.4 Å². The number of cyclic esters (lactones) is 1. The Hall–Kier alpha value is -3.33. The molecular formula is C21H19N3O5S. The molecule has 2 aromatic carbocycles. The molecule has 1 atom stereocenters. The lowest BCUT2D eigenvalue weighted by molar-refractivity contribution is -0.384. The van der Waals surface area contributed by atoms with Crippen LogP contribution in [0.3, 0.4) is 0 Å². The highest BCUT2D eigenvalue weighted by Gasteiger charge is 2.35. The third kappa shape index (κ3) is 3.76. The highest BCUT2D eigenvalue weighted by molar-refractivity contribution is 7.22. The molecule has 0 saturated carbocycles. The molecule has 9 heteroatoms. The molecule has 4 rings (SSSR count). The zero-order chi connectivity index (χ0) is 21.4. The standard InChI is InChI=1S/C21H19N3O5S/c1-12(2)13-3-5-14(6-4-13)20-23(18(25)9-10-19(26)29-20)21-22-16-8-7-15(24(27)28)11-17(16)30-21/h3-8,11-12,20H,9-10H2,1-2H3. The van der Waals surface area contributed by atoms with E-state index in [0.717, 1.165) is 16.9 Å². The lowest BCUT2D eigenvalue weighted by Gasteiger charge is -2.27. The number of nitrogens with zero attached hydrogens (tertiary/aromatic N) is 3. The molecule has 0 aliphatic carbocycles. The summed E-state index contributed by atoms with van der Waals surface area (Å²) in [6, 6.07) is 11.9. The zero-order valence-electron chi connectivity index (χ0n) is 16.4. The quantitative estimate of drug-likeness (QED) is 0.341. The Kier molecular flexibility index (Phi) is 5.21. The maximum absolute atomic E-state index is 12.9. The molecule has 0 bridgehead atoms. The SMILES string of the molecule is CC(C)c1ccc(C2OC(=O)CCC(=O)N2c2nc3ccc([N+](=O)[O-])cc3s2)cc1. The van der Waals surface area contributed by atoms with E-state index in [1.54, 1.807) is 6.07 Å². The van der Waals surface area contributed by atoms with Crippen molar-refractivity contribution in [3.8, 4) is 0 Å². The molecule has 3 aromatic rings. The average Bonchev–Trinajstić information content (AvgIpc) is 3.07. The number of hydrogen-bond acceptors (Lipinski definition) is 7. The number of amides is 1. The van der Waals surface area contributed by atoms with Gasteiger partial charge in [0.15, 0.2) is 5.13 Å². The number of aromatic nitrogens is 1. The van der Waals surface area contributed by atoms with Crippen molar-refractivity contribution in [3.05, 3.63) is 63.7 Å². The van der Waals surface area contributed by atoms with Crippen molar-refractivity contribution in [2.45, 2.75) is 38.8 Å². The summed E-state index contributed by atoms with van der Waals surface area (Å²) in [6.07, 6.45) is -0.939. The highest BCUT2D eigenvalue weighted by atomic mass is 32.1. The van der Waals surface area contributed by atoms with Crippen LogP contribution in [0.25, 0.3) is 10.2 Å². The van der Waals surface area contributed by atoms with Crippen LogP contribution in [-0.2, 0) is 14.3 Å². The van der Waals surface area contributed by atoms with Crippen LogP contribution in [0.2, 0.25) is 0 Å². The van der Waals surface area contributed by atoms with Gasteiger partial charge in [0, 0.05) is 24.1 Å². The van der Waals surface area contributed by atoms with E-state index in [4.69, 9.17) is 4.74 Å². The average molecular weight is 425 g/mol. The number of benzene rings is 2. The van der Waals surface area contributed by atoms with Crippen molar-refractivity contribution >= 4 is 44.2 Å². The maximum atomic E-state index is 12.9. The molecule has 154 valence electrons. The van der Waals surface area contributed by atoms with Crippen LogP contribution in [0.4, 0.5) is 10.8 Å². The van der Waals surface area contributed by atoms with Gasteiger partial charge in [0.1, 0.15) is 0 Å². The van der Waals surface area contributed by atoms with Gasteiger partial charge in [0.2, 0.25) is 12.1 Å². The van der Waals surface area contributed by atoms with Gasteiger partial charge >= 0.3 is 5.97 Å². The first-order valence-corrected chi connectivity index (χ1v) is 10.3. The first-order chi connectivity index (χ1) is 14.3. The number of nitro groups is 1. The van der Waals surface area contributed by atoms with Crippen LogP contribution in [0.5, 0.6) is 0 Å². The van der Waals surface area contributed by atoms with E-state index in [0.29, 0.717) is 26.8 Å². The maximum Gasteiger partial charge on any atom is 0.308 e. The van der Waals surface area contributed by atoms with E-state index < -0.39 is 17.1 Å². The molecular weight excluding hydrogens is 406 g/mol. The van der Waals surface area contributed by atoms with Crippen LogP contribution in [0, 0.1) is 10.1 Å². The number of nitro benzene ring substituents is 1. The molecule has 0 radical (unpaired) electrons. The third-order valence-electron chi connectivity index (χ3n) is 4.96. The fraction of sp³-hybridized carbons (Fsp3) is 0.286. The van der Waals surface area contributed by atoms with Crippen molar-refractivity contribution in [1.29, 1.82) is 0 Å². The topological polar surface area (TPSA) is 103 Å². The van der Waals surface area contributed by atoms with Gasteiger partial charge in [0.05, 0.1) is 21.6 Å². The number of non-ortho nitro benzene ring substituents is 1. The normalized spacial score (nSPS) is 17.3. The number of ether oxygens (including phenoxy) is 1. The lowest BCUT2D eigenvalue weighted by Crippen LogP contribution is -2.34. The molecule has 0 spiro atoms. The van der Waals surface area contributed by atoms with Crippen molar-refractivity contribution < 1.29 is 19.2 Å². The number of hydrogen-bond donors (Lipinski definition) is 0. The number of rotatable bonds is 4. The van der Waals surface area contributed by atoms with Crippen LogP contribution >= 0.6 is 11.3 Å². The fourth-order valence-corrected chi connectivity index (χ4v) is 4.32. The smallest absolute Gasteiger partial charge is 0.308 e. The predicted octanol–water partition coefficient (Wildman–Crippen LogP) is 4.70. The highest BCUT2D eigenvalue weighted by Crippen LogP contribution is 2.38. The summed E-state index contributed by atoms with van der Waals surface area (Å²) in [4.78, 5) is 41.5. The van der Waals surface area contributed by atoms with Crippen LogP contribution < -0.4 is 4.90 Å². The van der Waals surface area contributed by atoms with Gasteiger partial charge < -0.3 is 4.74 Å². The van der Waals surface area contributed by atoms with Gasteiger partial charge in [-0.3, -0.25) is 19.7 Å². The molecule has 8 nitrogen and oxygen atoms in total. The van der Waals surface area contributed by atoms with Crippen LogP contribution in [0.1, 0.15) is 50.0 Å². The Morgan fingerprint density at radius 2 is 1.90 bits per heavy atom. The van der Waals surface area contributed by atoms with Crippen molar-refractivity contribution in [1.82, 2.24) is 4.98 Å². The van der Waals surface area contributed by atoms with Crippen LogP contribution in [0.15, 0.2) is 42.5 Å². The Labute approximate surface area is 176 Å². The van der Waals surface area contributed by atoms with Gasteiger partial charge in [-0.15, -0.1) is 0 Å². The Bertz CT molecular complexity index is 1140. The summed E-state index contributed by atoms with van der Waals surface area (Å²) in [6.45, 7) is 4.16. The fourth-order valence-electron chi connectivity index (χ4n) is 3.28. The molecule has 1 saturated heterocycles. The summed E-state index contributed by atoms with van der Waals surface area (Å²) in [7, 11) is 0. The van der Waals surface area contributed by atoms with Crippen molar-refractivity contribution in [2.75, 3.05) is 4.90 Å². The first-order valence-electron chi connectivity index (χ1n) is 9.50. The first kappa shape index (κ1) is 20.0. The number of fused-ring (bicyclic) bond motifs is 1. The third-order valence-corrected chi connectivity index (χ3v) is 5.97. The minimum absolute atomic E-state index is 0.00766. The minimum atomic E-state index is -0.940. The summed E-state index contributed by atoms with van der Waals surface area (Å²) in [5, 5.41) is 11.4. The summed E-state index contributed by atoms with van der Waals surface area (Å²) in [5.74, 6) is -0.401. The molecule has 2 heterocycles. The molecule has 1 aliphatic heterocycles. The molecule has 1 amide bonds. The second-order valence-corrected chi connectivity index (χ2v) is 8.34. The second kappa shape index (κ2) is 7.83. The number of carbonyl (C=O) groups excluding carboxylic acids is 2. The number of thiazole rings is 1. The minimum Gasteiger partial charge on any atom is -0.437 e. The summed E-state index contributed by atoms with van der Waals surface area (Å²) >= 11 is 1.15. The van der Waals surface area contributed by atoms with Crippen LogP contribution in [-0.4, -0.2) is 21.8 Å². The molecule has 0 N–H and O–H groups in total. The Morgan fingerprint density at radius 1 is 1.17 bits per heavy atom. The Morgan fingerprint density at radius 3 is 2.57 bits per heavy atom.